The van der Waals surface area contributed by atoms with Gasteiger partial charge < -0.3 is 5.11 Å². The molecule has 1 aliphatic heterocycles. The summed E-state index contributed by atoms with van der Waals surface area (Å²) in [4.78, 5) is 2.00. The Balaban J connectivity index is 2.03. The number of β-amino-alcohol motifs (C(OH)–C–C–N with tert-alkyl or cyclic N) is 1. The minimum Gasteiger partial charge on any atom is -0.387 e. The minimum atomic E-state index is -3.04. The number of benzene rings is 1. The Morgan fingerprint density at radius 3 is 2.50 bits per heavy atom. The van der Waals surface area contributed by atoms with Gasteiger partial charge in [-0.1, -0.05) is 23.7 Å². The second-order valence-corrected chi connectivity index (χ2v) is 9.06. The molecule has 1 aromatic rings. The van der Waals surface area contributed by atoms with Gasteiger partial charge in [-0.15, -0.1) is 0 Å². The zero-order valence-corrected chi connectivity index (χ0v) is 13.3. The normalized spacial score (nSPS) is 23.4. The molecule has 4 nitrogen and oxygen atoms in total. The average Bonchev–Trinajstić information content (AvgIpc) is 2.35. The molecule has 1 unspecified atom stereocenters. The lowest BCUT2D eigenvalue weighted by Crippen LogP contribution is -2.53. The van der Waals surface area contributed by atoms with Crippen LogP contribution in [0.25, 0.3) is 0 Å². The van der Waals surface area contributed by atoms with Crippen molar-refractivity contribution in [3.05, 3.63) is 34.9 Å². The van der Waals surface area contributed by atoms with Crippen molar-refractivity contribution in [2.24, 2.45) is 0 Å². The molecule has 0 amide bonds. The van der Waals surface area contributed by atoms with Gasteiger partial charge in [0.05, 0.1) is 16.6 Å². The first-order chi connectivity index (χ1) is 9.21. The summed E-state index contributed by atoms with van der Waals surface area (Å²) in [5.74, 6) is 0.146. The molecule has 2 rings (SSSR count). The Morgan fingerprint density at radius 1 is 1.35 bits per heavy atom. The zero-order chi connectivity index (χ0) is 15.0. The number of hydrogen-bond donors (Lipinski definition) is 1. The van der Waals surface area contributed by atoms with Crippen LogP contribution >= 0.6 is 11.6 Å². The first-order valence-electron chi connectivity index (χ1n) is 6.59. The molecular formula is C14H20ClNO3S. The summed E-state index contributed by atoms with van der Waals surface area (Å²) in [6, 6.07) is 7.06. The van der Waals surface area contributed by atoms with Crippen LogP contribution in [0.5, 0.6) is 0 Å². The summed E-state index contributed by atoms with van der Waals surface area (Å²) in [6.07, 6.45) is -0.635. The first kappa shape index (κ1) is 15.8. The Hall–Kier alpha value is -0.620. The van der Waals surface area contributed by atoms with E-state index in [0.29, 0.717) is 24.7 Å². The summed E-state index contributed by atoms with van der Waals surface area (Å²) in [5.41, 5.74) is 0.792. The highest BCUT2D eigenvalue weighted by atomic mass is 35.5. The Bertz CT molecular complexity index is 569. The van der Waals surface area contributed by atoms with Crippen molar-refractivity contribution in [2.45, 2.75) is 24.7 Å². The van der Waals surface area contributed by atoms with Crippen LogP contribution in [-0.4, -0.2) is 48.6 Å². The van der Waals surface area contributed by atoms with E-state index in [4.69, 9.17) is 11.6 Å². The maximum Gasteiger partial charge on any atom is 0.157 e. The molecule has 0 bridgehead atoms. The summed E-state index contributed by atoms with van der Waals surface area (Å²) >= 11 is 5.82. The summed E-state index contributed by atoms with van der Waals surface area (Å²) in [6.45, 7) is 4.82. The Kier molecular flexibility index (Phi) is 4.44. The van der Waals surface area contributed by atoms with E-state index < -0.39 is 20.7 Å². The molecule has 6 heteroatoms. The molecule has 0 radical (unpaired) electrons. The fourth-order valence-electron chi connectivity index (χ4n) is 2.43. The smallest absolute Gasteiger partial charge is 0.157 e. The number of nitrogens with zero attached hydrogens (tertiary/aromatic N) is 1. The molecule has 1 aromatic carbocycles. The van der Waals surface area contributed by atoms with E-state index in [-0.39, 0.29) is 5.75 Å². The maximum absolute atomic E-state index is 11.9. The summed E-state index contributed by atoms with van der Waals surface area (Å²) < 4.78 is 23.1. The Labute approximate surface area is 125 Å². The number of sulfone groups is 1. The van der Waals surface area contributed by atoms with Crippen LogP contribution in [0.2, 0.25) is 5.02 Å². The standard InChI is InChI=1S/C14H20ClNO3S/c1-14(2)10-16(7-8-20(14,18)19)9-13(17)11-3-5-12(15)6-4-11/h3-6,13,17H,7-10H2,1-2H3. The average molecular weight is 318 g/mol. The number of aliphatic hydroxyl groups excluding tert-OH is 1. The lowest BCUT2D eigenvalue weighted by Gasteiger charge is -2.38. The molecule has 1 saturated heterocycles. The minimum absolute atomic E-state index is 0.146. The van der Waals surface area contributed by atoms with Gasteiger partial charge in [-0.3, -0.25) is 4.90 Å². The molecule has 0 aliphatic carbocycles. The van der Waals surface area contributed by atoms with Crippen molar-refractivity contribution in [1.82, 2.24) is 4.90 Å². The lowest BCUT2D eigenvalue weighted by atomic mass is 10.1. The van der Waals surface area contributed by atoms with Crippen molar-refractivity contribution < 1.29 is 13.5 Å². The van der Waals surface area contributed by atoms with Crippen LogP contribution in [0.4, 0.5) is 0 Å². The van der Waals surface area contributed by atoms with Gasteiger partial charge in [-0.2, -0.15) is 0 Å². The van der Waals surface area contributed by atoms with Crippen molar-refractivity contribution in [1.29, 1.82) is 0 Å². The van der Waals surface area contributed by atoms with E-state index in [2.05, 4.69) is 0 Å². The third kappa shape index (κ3) is 3.34. The van der Waals surface area contributed by atoms with E-state index >= 15 is 0 Å². The van der Waals surface area contributed by atoms with Gasteiger partial charge in [-0.25, -0.2) is 8.42 Å². The summed E-state index contributed by atoms with van der Waals surface area (Å²) in [7, 11) is -3.04. The molecule has 112 valence electrons. The summed E-state index contributed by atoms with van der Waals surface area (Å²) in [5, 5.41) is 10.9. The zero-order valence-electron chi connectivity index (χ0n) is 11.7. The molecule has 0 spiro atoms. The van der Waals surface area contributed by atoms with Crippen LogP contribution < -0.4 is 0 Å². The van der Waals surface area contributed by atoms with E-state index in [1.54, 1.807) is 38.1 Å². The van der Waals surface area contributed by atoms with E-state index in [1.807, 2.05) is 4.90 Å². The number of rotatable bonds is 3. The lowest BCUT2D eigenvalue weighted by molar-refractivity contribution is 0.108. The highest BCUT2D eigenvalue weighted by Crippen LogP contribution is 2.25. The number of aliphatic hydroxyl groups is 1. The van der Waals surface area contributed by atoms with Crippen molar-refractivity contribution in [3.63, 3.8) is 0 Å². The fourth-order valence-corrected chi connectivity index (χ4v) is 3.99. The van der Waals surface area contributed by atoms with Crippen molar-refractivity contribution in [2.75, 3.05) is 25.4 Å². The number of hydrogen-bond acceptors (Lipinski definition) is 4. The van der Waals surface area contributed by atoms with Crippen LogP contribution in [0.1, 0.15) is 25.5 Å². The molecule has 1 heterocycles. The quantitative estimate of drug-likeness (QED) is 0.925. The highest BCUT2D eigenvalue weighted by molar-refractivity contribution is 7.92. The molecular weight excluding hydrogens is 298 g/mol. The van der Waals surface area contributed by atoms with Crippen LogP contribution in [0.15, 0.2) is 24.3 Å². The molecule has 1 N–H and O–H groups in total. The molecule has 0 aromatic heterocycles. The van der Waals surface area contributed by atoms with E-state index in [9.17, 15) is 13.5 Å². The van der Waals surface area contributed by atoms with Crippen LogP contribution in [-0.2, 0) is 9.84 Å². The van der Waals surface area contributed by atoms with Gasteiger partial charge in [-0.05, 0) is 31.5 Å². The van der Waals surface area contributed by atoms with Crippen LogP contribution in [0, 0.1) is 0 Å². The molecule has 1 fully saturated rings. The second-order valence-electron chi connectivity index (χ2n) is 5.88. The third-order valence-corrected chi connectivity index (χ3v) is 6.59. The second kappa shape index (κ2) is 5.64. The van der Waals surface area contributed by atoms with E-state index in [0.717, 1.165) is 5.56 Å². The van der Waals surface area contributed by atoms with Gasteiger partial charge in [0.2, 0.25) is 0 Å². The number of halogens is 1. The van der Waals surface area contributed by atoms with Crippen molar-refractivity contribution >= 4 is 21.4 Å². The van der Waals surface area contributed by atoms with Crippen LogP contribution in [0.3, 0.4) is 0 Å². The maximum atomic E-state index is 11.9. The third-order valence-electron chi connectivity index (χ3n) is 3.81. The molecule has 20 heavy (non-hydrogen) atoms. The fraction of sp³-hybridized carbons (Fsp3) is 0.571. The molecule has 1 atom stereocenters. The van der Waals surface area contributed by atoms with E-state index in [1.165, 1.54) is 0 Å². The first-order valence-corrected chi connectivity index (χ1v) is 8.62. The van der Waals surface area contributed by atoms with Gasteiger partial charge in [0.1, 0.15) is 0 Å². The molecule has 0 saturated carbocycles. The monoisotopic (exact) mass is 317 g/mol. The molecule has 1 aliphatic rings. The predicted molar refractivity (Wildman–Crippen MR) is 80.7 cm³/mol. The predicted octanol–water partition coefficient (Wildman–Crippen LogP) is 1.88. The SMILES string of the molecule is CC1(C)CN(CC(O)c2ccc(Cl)cc2)CCS1(=O)=O. The van der Waals surface area contributed by atoms with Crippen molar-refractivity contribution in [3.8, 4) is 0 Å². The van der Waals surface area contributed by atoms with Gasteiger partial charge >= 0.3 is 0 Å². The van der Waals surface area contributed by atoms with Gasteiger partial charge in [0.15, 0.2) is 9.84 Å². The Morgan fingerprint density at radius 2 is 1.95 bits per heavy atom. The van der Waals surface area contributed by atoms with Gasteiger partial charge in [0.25, 0.3) is 0 Å². The van der Waals surface area contributed by atoms with Gasteiger partial charge in [0, 0.05) is 24.7 Å². The topological polar surface area (TPSA) is 57.6 Å². The largest absolute Gasteiger partial charge is 0.387 e. The highest BCUT2D eigenvalue weighted by Gasteiger charge is 2.40.